The molecular formula is C11H16ClN3O3S. The molecule has 0 unspecified atom stereocenters. The average molecular weight is 306 g/mol. The smallest absolute Gasteiger partial charge is 0.328 e. The maximum absolute atomic E-state index is 12.0. The van der Waals surface area contributed by atoms with E-state index in [1.165, 1.54) is 18.2 Å². The molecule has 0 bridgehead atoms. The van der Waals surface area contributed by atoms with Crippen molar-refractivity contribution in [2.24, 2.45) is 0 Å². The fourth-order valence-electron chi connectivity index (χ4n) is 1.38. The Labute approximate surface area is 117 Å². The van der Waals surface area contributed by atoms with E-state index in [4.69, 9.17) is 11.6 Å². The van der Waals surface area contributed by atoms with Crippen LogP contribution >= 0.6 is 11.6 Å². The van der Waals surface area contributed by atoms with Crippen molar-refractivity contribution in [3.63, 3.8) is 0 Å². The number of hydrogen-bond acceptors (Lipinski definition) is 4. The van der Waals surface area contributed by atoms with Crippen LogP contribution in [0.3, 0.4) is 0 Å². The lowest BCUT2D eigenvalue weighted by molar-refractivity contribution is 0.246. The highest BCUT2D eigenvalue weighted by molar-refractivity contribution is 7.90. The van der Waals surface area contributed by atoms with Crippen molar-refractivity contribution in [1.29, 1.82) is 0 Å². The fourth-order valence-corrected chi connectivity index (χ4v) is 2.68. The van der Waals surface area contributed by atoms with E-state index in [9.17, 15) is 13.2 Å². The molecule has 0 spiro atoms. The summed E-state index contributed by atoms with van der Waals surface area (Å²) in [6.45, 7) is 2.27. The number of halogens is 1. The molecule has 2 amide bonds. The Bertz CT molecular complexity index is 560. The summed E-state index contributed by atoms with van der Waals surface area (Å²) < 4.78 is 26.0. The molecule has 8 heteroatoms. The van der Waals surface area contributed by atoms with Gasteiger partial charge in [-0.15, -0.1) is 0 Å². The van der Waals surface area contributed by atoms with E-state index in [1.54, 1.807) is 7.05 Å². The third-order valence-corrected chi connectivity index (χ3v) is 3.89. The highest BCUT2D eigenvalue weighted by Crippen LogP contribution is 2.24. The van der Waals surface area contributed by atoms with Crippen molar-refractivity contribution in [3.05, 3.63) is 23.2 Å². The van der Waals surface area contributed by atoms with Crippen LogP contribution in [0.1, 0.15) is 13.3 Å². The van der Waals surface area contributed by atoms with Crippen LogP contribution in [0.15, 0.2) is 23.1 Å². The monoisotopic (exact) mass is 305 g/mol. The molecule has 0 saturated heterocycles. The number of sulfonamides is 1. The molecule has 0 aliphatic carbocycles. The SMILES string of the molecule is CCCNC(=O)NS(=O)(=O)c1ccc(Cl)cc1NC. The topological polar surface area (TPSA) is 87.3 Å². The molecular weight excluding hydrogens is 290 g/mol. The van der Waals surface area contributed by atoms with Gasteiger partial charge in [0.15, 0.2) is 0 Å². The highest BCUT2D eigenvalue weighted by atomic mass is 35.5. The standard InChI is InChI=1S/C11H16ClN3O3S/c1-3-6-14-11(16)15-19(17,18)10-5-4-8(12)7-9(10)13-2/h4-5,7,13H,3,6H2,1-2H3,(H2,14,15,16). The van der Waals surface area contributed by atoms with E-state index in [-0.39, 0.29) is 4.90 Å². The van der Waals surface area contributed by atoms with Crippen LogP contribution in [0.5, 0.6) is 0 Å². The van der Waals surface area contributed by atoms with E-state index in [2.05, 4.69) is 10.6 Å². The van der Waals surface area contributed by atoms with Crippen LogP contribution in [0.2, 0.25) is 5.02 Å². The number of carbonyl (C=O) groups excluding carboxylic acids is 1. The van der Waals surface area contributed by atoms with Gasteiger partial charge in [0.1, 0.15) is 4.90 Å². The lowest BCUT2D eigenvalue weighted by Crippen LogP contribution is -2.39. The second kappa shape index (κ2) is 6.63. The first-order chi connectivity index (χ1) is 8.90. The summed E-state index contributed by atoms with van der Waals surface area (Å²) in [7, 11) is -2.36. The Balaban J connectivity index is 2.97. The maximum Gasteiger partial charge on any atom is 0.328 e. The summed E-state index contributed by atoms with van der Waals surface area (Å²) in [4.78, 5) is 11.4. The lowest BCUT2D eigenvalue weighted by Gasteiger charge is -2.12. The van der Waals surface area contributed by atoms with Crippen LogP contribution in [0.4, 0.5) is 10.5 Å². The summed E-state index contributed by atoms with van der Waals surface area (Å²) in [5, 5.41) is 5.56. The number of amides is 2. The van der Waals surface area contributed by atoms with Crippen LogP contribution in [0.25, 0.3) is 0 Å². The molecule has 1 aromatic carbocycles. The first kappa shape index (κ1) is 15.6. The molecule has 1 rings (SSSR count). The molecule has 0 aliphatic heterocycles. The minimum absolute atomic E-state index is 0.0361. The Kier molecular flexibility index (Phi) is 5.44. The van der Waals surface area contributed by atoms with Gasteiger partial charge in [-0.3, -0.25) is 0 Å². The van der Waals surface area contributed by atoms with Crippen molar-refractivity contribution in [3.8, 4) is 0 Å². The molecule has 6 nitrogen and oxygen atoms in total. The first-order valence-electron chi connectivity index (χ1n) is 5.68. The zero-order valence-corrected chi connectivity index (χ0v) is 12.2. The average Bonchev–Trinajstić information content (AvgIpc) is 2.35. The van der Waals surface area contributed by atoms with Gasteiger partial charge in [0, 0.05) is 18.6 Å². The number of hydrogen-bond donors (Lipinski definition) is 3. The van der Waals surface area contributed by atoms with Crippen molar-refractivity contribution >= 4 is 33.3 Å². The molecule has 0 aromatic heterocycles. The quantitative estimate of drug-likeness (QED) is 0.774. The third-order valence-electron chi connectivity index (χ3n) is 2.26. The number of carbonyl (C=O) groups is 1. The van der Waals surface area contributed by atoms with Crippen LogP contribution in [-0.4, -0.2) is 28.0 Å². The van der Waals surface area contributed by atoms with E-state index in [0.717, 1.165) is 6.42 Å². The maximum atomic E-state index is 12.0. The normalized spacial score (nSPS) is 10.9. The molecule has 0 radical (unpaired) electrons. The number of anilines is 1. The van der Waals surface area contributed by atoms with Gasteiger partial charge in [0.2, 0.25) is 0 Å². The predicted molar refractivity (Wildman–Crippen MR) is 75.0 cm³/mol. The van der Waals surface area contributed by atoms with E-state index < -0.39 is 16.1 Å². The predicted octanol–water partition coefficient (Wildman–Crippen LogP) is 1.78. The molecule has 3 N–H and O–H groups in total. The number of rotatable bonds is 5. The van der Waals surface area contributed by atoms with Crippen molar-refractivity contribution < 1.29 is 13.2 Å². The highest BCUT2D eigenvalue weighted by Gasteiger charge is 2.20. The molecule has 0 saturated carbocycles. The molecule has 0 atom stereocenters. The van der Waals surface area contributed by atoms with Gasteiger partial charge >= 0.3 is 6.03 Å². The van der Waals surface area contributed by atoms with Crippen LogP contribution in [-0.2, 0) is 10.0 Å². The second-order valence-corrected chi connectivity index (χ2v) is 5.84. The van der Waals surface area contributed by atoms with Gasteiger partial charge in [0.25, 0.3) is 10.0 Å². The van der Waals surface area contributed by atoms with Crippen LogP contribution in [0, 0.1) is 0 Å². The van der Waals surface area contributed by atoms with E-state index in [0.29, 0.717) is 17.3 Å². The molecule has 0 aliphatic rings. The number of urea groups is 1. The van der Waals surface area contributed by atoms with Gasteiger partial charge in [-0.1, -0.05) is 18.5 Å². The fraction of sp³-hybridized carbons (Fsp3) is 0.364. The number of nitrogens with one attached hydrogen (secondary N) is 3. The summed E-state index contributed by atoms with van der Waals surface area (Å²) in [5.41, 5.74) is 0.322. The Morgan fingerprint density at radius 2 is 2.05 bits per heavy atom. The zero-order valence-electron chi connectivity index (χ0n) is 10.7. The van der Waals surface area contributed by atoms with Crippen molar-refractivity contribution in [2.45, 2.75) is 18.2 Å². The third kappa shape index (κ3) is 4.29. The van der Waals surface area contributed by atoms with Gasteiger partial charge in [-0.05, 0) is 24.6 Å². The molecule has 19 heavy (non-hydrogen) atoms. The Hall–Kier alpha value is -1.47. The minimum Gasteiger partial charge on any atom is -0.387 e. The van der Waals surface area contributed by atoms with Gasteiger partial charge in [0.05, 0.1) is 5.69 Å². The van der Waals surface area contributed by atoms with Crippen molar-refractivity contribution in [2.75, 3.05) is 18.9 Å². The summed E-state index contributed by atoms with van der Waals surface area (Å²) in [6.07, 6.45) is 0.718. The van der Waals surface area contributed by atoms with Crippen LogP contribution < -0.4 is 15.4 Å². The summed E-state index contributed by atoms with van der Waals surface area (Å²) in [5.74, 6) is 0. The van der Waals surface area contributed by atoms with Gasteiger partial charge in [-0.25, -0.2) is 17.9 Å². The van der Waals surface area contributed by atoms with E-state index >= 15 is 0 Å². The number of benzene rings is 1. The molecule has 106 valence electrons. The van der Waals surface area contributed by atoms with Gasteiger partial charge in [-0.2, -0.15) is 0 Å². The molecule has 1 aromatic rings. The first-order valence-corrected chi connectivity index (χ1v) is 7.54. The van der Waals surface area contributed by atoms with Gasteiger partial charge < -0.3 is 10.6 Å². The minimum atomic E-state index is -3.93. The largest absolute Gasteiger partial charge is 0.387 e. The molecule has 0 fully saturated rings. The zero-order chi connectivity index (χ0) is 14.5. The van der Waals surface area contributed by atoms with Crippen molar-refractivity contribution in [1.82, 2.24) is 10.0 Å². The second-order valence-electron chi connectivity index (χ2n) is 3.75. The Morgan fingerprint density at radius 3 is 2.63 bits per heavy atom. The van der Waals surface area contributed by atoms with E-state index in [1.807, 2.05) is 11.6 Å². The summed E-state index contributed by atoms with van der Waals surface area (Å²) in [6, 6.07) is 3.50. The summed E-state index contributed by atoms with van der Waals surface area (Å²) >= 11 is 5.79. The molecule has 0 heterocycles. The Morgan fingerprint density at radius 1 is 1.37 bits per heavy atom. The lowest BCUT2D eigenvalue weighted by atomic mass is 10.3.